The summed E-state index contributed by atoms with van der Waals surface area (Å²) in [6.45, 7) is 5.11. The van der Waals surface area contributed by atoms with Crippen molar-refractivity contribution in [3.05, 3.63) is 53.7 Å². The third-order valence-electron chi connectivity index (χ3n) is 3.06. The van der Waals surface area contributed by atoms with Crippen molar-refractivity contribution in [2.24, 2.45) is 5.11 Å². The molecule has 0 atom stereocenters. The van der Waals surface area contributed by atoms with Crippen molar-refractivity contribution in [3.63, 3.8) is 0 Å². The largest absolute Gasteiger partial charge is 0.277 e. The third-order valence-corrected chi connectivity index (χ3v) is 3.06. The van der Waals surface area contributed by atoms with Gasteiger partial charge in [-0.15, -0.1) is 0 Å². The molecule has 2 heterocycles. The van der Waals surface area contributed by atoms with Crippen LogP contribution in [0.25, 0.3) is 10.4 Å². The summed E-state index contributed by atoms with van der Waals surface area (Å²) in [6.07, 6.45) is 0. The van der Waals surface area contributed by atoms with Gasteiger partial charge in [0.05, 0.1) is 12.2 Å². The number of hydrogen-bond acceptors (Lipinski definition) is 3. The van der Waals surface area contributed by atoms with E-state index in [1.54, 1.807) is 20.8 Å². The lowest BCUT2D eigenvalue weighted by Crippen LogP contribution is -2.23. The Bertz CT molecular complexity index is 748. The van der Waals surface area contributed by atoms with Gasteiger partial charge in [-0.25, -0.2) is 0 Å². The predicted octanol–water partition coefficient (Wildman–Crippen LogP) is 0.933. The Balaban J connectivity index is 2.98. The van der Waals surface area contributed by atoms with Crippen LogP contribution in [0.2, 0.25) is 0 Å². The smallest absolute Gasteiger partial charge is 0.267 e. The van der Waals surface area contributed by atoms with Crippen molar-refractivity contribution in [2.75, 3.05) is 0 Å². The van der Waals surface area contributed by atoms with Gasteiger partial charge in [0.15, 0.2) is 0 Å². The Hall–Kier alpha value is -2.27. The molecular weight excluding hydrogens is 222 g/mol. The van der Waals surface area contributed by atoms with Gasteiger partial charge in [0.25, 0.3) is 11.1 Å². The van der Waals surface area contributed by atoms with E-state index in [1.165, 1.54) is 4.52 Å². The minimum atomic E-state index is -0.352. The molecule has 2 aromatic rings. The lowest BCUT2D eigenvalue weighted by atomic mass is 10.2. The highest BCUT2D eigenvalue weighted by Crippen LogP contribution is 2.10. The summed E-state index contributed by atoms with van der Waals surface area (Å²) in [5.74, 6) is 0. The number of fused-ring (bicyclic) bond motifs is 1. The first-order chi connectivity index (χ1) is 8.00. The first-order valence-corrected chi connectivity index (χ1v) is 5.07. The molecule has 17 heavy (non-hydrogen) atoms. The lowest BCUT2D eigenvalue weighted by molar-refractivity contribution is 0.744. The summed E-state index contributed by atoms with van der Waals surface area (Å²) in [7, 11) is 0. The van der Waals surface area contributed by atoms with Crippen LogP contribution in [0.4, 0.5) is 0 Å². The molecule has 7 nitrogen and oxygen atoms in total. The SMILES string of the molecule is Cc1c(C)n2c(CN=[N+]=[N-])c(C)c(=O)n2c1=O. The maximum absolute atomic E-state index is 11.9. The van der Waals surface area contributed by atoms with Crippen LogP contribution in [0.15, 0.2) is 14.7 Å². The highest BCUT2D eigenvalue weighted by molar-refractivity contribution is 5.26. The van der Waals surface area contributed by atoms with E-state index < -0.39 is 0 Å². The van der Waals surface area contributed by atoms with Crippen LogP contribution in [0.3, 0.4) is 0 Å². The van der Waals surface area contributed by atoms with Gasteiger partial charge in [-0.3, -0.25) is 14.1 Å². The molecule has 0 aliphatic carbocycles. The number of nitrogens with zero attached hydrogens (tertiary/aromatic N) is 5. The van der Waals surface area contributed by atoms with Crippen molar-refractivity contribution >= 4 is 0 Å². The van der Waals surface area contributed by atoms with E-state index in [2.05, 4.69) is 10.0 Å². The first kappa shape index (κ1) is 11.2. The van der Waals surface area contributed by atoms with Gasteiger partial charge in [-0.1, -0.05) is 5.11 Å². The van der Waals surface area contributed by atoms with E-state index in [0.29, 0.717) is 22.5 Å². The Labute approximate surface area is 95.9 Å². The van der Waals surface area contributed by atoms with Crippen molar-refractivity contribution in [1.29, 1.82) is 0 Å². The monoisotopic (exact) mass is 233 g/mol. The average molecular weight is 233 g/mol. The Morgan fingerprint density at radius 3 is 2.29 bits per heavy atom. The van der Waals surface area contributed by atoms with Crippen molar-refractivity contribution < 1.29 is 0 Å². The molecule has 0 saturated carbocycles. The molecule has 0 aromatic carbocycles. The van der Waals surface area contributed by atoms with Crippen molar-refractivity contribution in [2.45, 2.75) is 27.3 Å². The summed E-state index contributed by atoms with van der Waals surface area (Å²) in [4.78, 5) is 26.4. The summed E-state index contributed by atoms with van der Waals surface area (Å²) >= 11 is 0. The quantitative estimate of drug-likeness (QED) is 0.438. The van der Waals surface area contributed by atoms with Gasteiger partial charge in [-0.05, 0) is 26.3 Å². The van der Waals surface area contributed by atoms with Crippen molar-refractivity contribution in [3.8, 4) is 0 Å². The van der Waals surface area contributed by atoms with Gasteiger partial charge >= 0.3 is 0 Å². The molecule has 7 heteroatoms. The standard InChI is InChI=1S/C10H11N5O2/c1-5-7(3)14-8(4-12-13-11)6(2)10(17)15(14)9(5)16/h4H2,1-3H3. The number of hydrogen-bond donors (Lipinski definition) is 0. The average Bonchev–Trinajstić information content (AvgIpc) is 2.68. The molecule has 0 amide bonds. The predicted molar refractivity (Wildman–Crippen MR) is 61.6 cm³/mol. The summed E-state index contributed by atoms with van der Waals surface area (Å²) in [5, 5.41) is 3.45. The zero-order chi connectivity index (χ0) is 12.7. The molecule has 0 fully saturated rings. The first-order valence-electron chi connectivity index (χ1n) is 5.07. The van der Waals surface area contributed by atoms with E-state index in [1.807, 2.05) is 0 Å². The highest BCUT2D eigenvalue weighted by atomic mass is 16.2. The zero-order valence-electron chi connectivity index (χ0n) is 9.76. The van der Waals surface area contributed by atoms with Crippen LogP contribution in [0, 0.1) is 20.8 Å². The summed E-state index contributed by atoms with van der Waals surface area (Å²) in [6, 6.07) is 0. The molecule has 0 saturated heterocycles. The molecule has 88 valence electrons. The van der Waals surface area contributed by atoms with Crippen molar-refractivity contribution in [1.82, 2.24) is 9.03 Å². The van der Waals surface area contributed by atoms with Crippen LogP contribution < -0.4 is 11.1 Å². The van der Waals surface area contributed by atoms with Crippen LogP contribution in [-0.2, 0) is 6.54 Å². The maximum Gasteiger partial charge on any atom is 0.277 e. The topological polar surface area (TPSA) is 91.7 Å². The minimum absolute atomic E-state index is 0.0580. The third kappa shape index (κ3) is 1.33. The van der Waals surface area contributed by atoms with Gasteiger partial charge in [-0.2, -0.15) is 4.52 Å². The number of rotatable bonds is 2. The van der Waals surface area contributed by atoms with E-state index in [0.717, 1.165) is 4.52 Å². The zero-order valence-corrected chi connectivity index (χ0v) is 9.76. The number of aromatic nitrogens is 2. The second-order valence-corrected chi connectivity index (χ2v) is 3.90. The van der Waals surface area contributed by atoms with E-state index >= 15 is 0 Å². The molecule has 2 rings (SSSR count). The summed E-state index contributed by atoms with van der Waals surface area (Å²) < 4.78 is 2.62. The molecule has 0 N–H and O–H groups in total. The van der Waals surface area contributed by atoms with Gasteiger partial charge < -0.3 is 0 Å². The molecular formula is C10H11N5O2. The fourth-order valence-corrected chi connectivity index (χ4v) is 1.94. The minimum Gasteiger partial charge on any atom is -0.267 e. The number of aryl methyl sites for hydroxylation is 1. The highest BCUT2D eigenvalue weighted by Gasteiger charge is 2.19. The Morgan fingerprint density at radius 2 is 1.71 bits per heavy atom. The van der Waals surface area contributed by atoms with Crippen LogP contribution in [0.5, 0.6) is 0 Å². The maximum atomic E-state index is 11.9. The molecule has 0 unspecified atom stereocenters. The van der Waals surface area contributed by atoms with Gasteiger partial charge in [0.1, 0.15) is 0 Å². The molecule has 0 aliphatic heterocycles. The van der Waals surface area contributed by atoms with Gasteiger partial charge in [0.2, 0.25) is 0 Å². The lowest BCUT2D eigenvalue weighted by Gasteiger charge is -1.98. The number of azide groups is 1. The Morgan fingerprint density at radius 1 is 1.12 bits per heavy atom. The molecule has 0 spiro atoms. The second kappa shape index (κ2) is 3.64. The molecule has 2 aromatic heterocycles. The van der Waals surface area contributed by atoms with E-state index in [4.69, 9.17) is 5.53 Å². The fraction of sp³-hybridized carbons (Fsp3) is 0.400. The van der Waals surface area contributed by atoms with E-state index in [-0.39, 0.29) is 17.7 Å². The molecule has 0 radical (unpaired) electrons. The van der Waals surface area contributed by atoms with E-state index in [9.17, 15) is 9.59 Å². The molecule has 0 aliphatic rings. The van der Waals surface area contributed by atoms with Crippen LogP contribution in [0.1, 0.15) is 22.5 Å². The van der Waals surface area contributed by atoms with Crippen LogP contribution >= 0.6 is 0 Å². The molecule has 0 bridgehead atoms. The fourth-order valence-electron chi connectivity index (χ4n) is 1.94. The van der Waals surface area contributed by atoms with Gasteiger partial charge in [0, 0.05) is 21.7 Å². The second-order valence-electron chi connectivity index (χ2n) is 3.90. The summed E-state index contributed by atoms with van der Waals surface area (Å²) in [5.41, 5.74) is 9.90. The van der Waals surface area contributed by atoms with Crippen LogP contribution in [-0.4, -0.2) is 9.03 Å². The normalized spacial score (nSPS) is 10.8. The Kier molecular flexibility index (Phi) is 2.40.